The number of aliphatic hydroxyl groups is 2. The fraction of sp³-hybridized carbons (Fsp3) is 0.368. The van der Waals surface area contributed by atoms with Crippen LogP contribution in [0.3, 0.4) is 0 Å². The van der Waals surface area contributed by atoms with Crippen LogP contribution in [0.15, 0.2) is 42.6 Å². The van der Waals surface area contributed by atoms with Gasteiger partial charge >= 0.3 is 0 Å². The third-order valence-electron chi connectivity index (χ3n) is 4.48. The first kappa shape index (κ1) is 17.9. The summed E-state index contributed by atoms with van der Waals surface area (Å²) in [5.74, 6) is 0.815. The number of nitrogens with zero attached hydrogens (tertiary/aromatic N) is 2. The molecule has 1 atom stereocenters. The van der Waals surface area contributed by atoms with Gasteiger partial charge in [-0.15, -0.1) is 0 Å². The summed E-state index contributed by atoms with van der Waals surface area (Å²) in [6.45, 7) is 0.298. The predicted molar refractivity (Wildman–Crippen MR) is 99.4 cm³/mol. The molecule has 25 heavy (non-hydrogen) atoms. The number of pyridine rings is 1. The highest BCUT2D eigenvalue weighted by Gasteiger charge is 2.37. The van der Waals surface area contributed by atoms with E-state index in [0.717, 1.165) is 17.0 Å². The molecule has 3 rings (SSSR count). The summed E-state index contributed by atoms with van der Waals surface area (Å²) in [6.07, 6.45) is 4.34. The van der Waals surface area contributed by atoms with E-state index >= 15 is 0 Å². The molecule has 2 N–H and O–H groups in total. The SMILES string of the molecule is CSCc1ccc(-c2ccc(C(=O)N3CC[C@](O)(CO)C3)cc2)nc1. The molecule has 0 saturated carbocycles. The van der Waals surface area contributed by atoms with Crippen molar-refractivity contribution < 1.29 is 15.0 Å². The van der Waals surface area contributed by atoms with Crippen LogP contribution in [0.25, 0.3) is 11.3 Å². The third-order valence-corrected chi connectivity index (χ3v) is 5.10. The van der Waals surface area contributed by atoms with Crippen molar-refractivity contribution in [2.75, 3.05) is 26.0 Å². The molecule has 2 aromatic rings. The van der Waals surface area contributed by atoms with Crippen molar-refractivity contribution in [1.82, 2.24) is 9.88 Å². The van der Waals surface area contributed by atoms with Crippen molar-refractivity contribution in [3.8, 4) is 11.3 Å². The van der Waals surface area contributed by atoms with Crippen LogP contribution in [0, 0.1) is 0 Å². The van der Waals surface area contributed by atoms with Crippen molar-refractivity contribution in [2.45, 2.75) is 17.8 Å². The largest absolute Gasteiger partial charge is 0.393 e. The molecule has 6 heteroatoms. The standard InChI is InChI=1S/C19H22N2O3S/c1-25-11-14-2-7-17(20-10-14)15-3-5-16(6-4-15)18(23)21-9-8-19(24,12-21)13-22/h2-7,10,22,24H,8-9,11-13H2,1H3/t19-/m1/s1. The number of carbonyl (C=O) groups is 1. The van der Waals surface area contributed by atoms with Gasteiger partial charge in [0.05, 0.1) is 18.8 Å². The molecule has 0 unspecified atom stereocenters. The van der Waals surface area contributed by atoms with Gasteiger partial charge in [0, 0.05) is 29.6 Å². The molecule has 0 aliphatic carbocycles. The lowest BCUT2D eigenvalue weighted by Crippen LogP contribution is -2.38. The molecule has 0 radical (unpaired) electrons. The van der Waals surface area contributed by atoms with Crippen molar-refractivity contribution in [1.29, 1.82) is 0 Å². The molecule has 1 aromatic heterocycles. The normalized spacial score (nSPS) is 20.0. The molecule has 2 heterocycles. The number of thioether (sulfide) groups is 1. The highest BCUT2D eigenvalue weighted by atomic mass is 32.2. The Morgan fingerprint density at radius 3 is 2.60 bits per heavy atom. The number of carbonyl (C=O) groups excluding carboxylic acids is 1. The van der Waals surface area contributed by atoms with E-state index in [-0.39, 0.29) is 19.1 Å². The fourth-order valence-corrected chi connectivity index (χ4v) is 3.48. The van der Waals surface area contributed by atoms with E-state index in [4.69, 9.17) is 0 Å². The molecule has 0 spiro atoms. The van der Waals surface area contributed by atoms with Crippen molar-refractivity contribution in [2.24, 2.45) is 0 Å². The molecule has 5 nitrogen and oxygen atoms in total. The van der Waals surface area contributed by atoms with E-state index in [1.54, 1.807) is 28.8 Å². The number of likely N-dealkylation sites (tertiary alicyclic amines) is 1. The highest BCUT2D eigenvalue weighted by Crippen LogP contribution is 2.24. The molecular formula is C19H22N2O3S. The predicted octanol–water partition coefficient (Wildman–Crippen LogP) is 2.18. The van der Waals surface area contributed by atoms with Gasteiger partial charge in [-0.2, -0.15) is 11.8 Å². The molecule has 1 aliphatic rings. The van der Waals surface area contributed by atoms with Crippen LogP contribution in [0.5, 0.6) is 0 Å². The number of rotatable bonds is 5. The van der Waals surface area contributed by atoms with E-state index in [1.165, 1.54) is 5.56 Å². The monoisotopic (exact) mass is 358 g/mol. The molecule has 1 fully saturated rings. The molecule has 0 bridgehead atoms. The van der Waals surface area contributed by atoms with Gasteiger partial charge in [0.2, 0.25) is 0 Å². The minimum Gasteiger partial charge on any atom is -0.393 e. The fourth-order valence-electron chi connectivity index (χ4n) is 2.97. The van der Waals surface area contributed by atoms with Crippen LogP contribution in [-0.2, 0) is 5.75 Å². The molecule has 1 aromatic carbocycles. The maximum atomic E-state index is 12.5. The Bertz CT molecular complexity index is 733. The van der Waals surface area contributed by atoms with Gasteiger partial charge in [0.1, 0.15) is 5.60 Å². The van der Waals surface area contributed by atoms with E-state index in [2.05, 4.69) is 17.3 Å². The lowest BCUT2D eigenvalue weighted by molar-refractivity contribution is -0.00455. The second kappa shape index (κ2) is 7.56. The van der Waals surface area contributed by atoms with Gasteiger partial charge in [-0.25, -0.2) is 0 Å². The van der Waals surface area contributed by atoms with Crippen LogP contribution in [0.2, 0.25) is 0 Å². The topological polar surface area (TPSA) is 73.7 Å². The zero-order chi connectivity index (χ0) is 17.9. The third kappa shape index (κ3) is 4.03. The molecule has 1 amide bonds. The Morgan fingerprint density at radius 1 is 1.28 bits per heavy atom. The quantitative estimate of drug-likeness (QED) is 0.857. The van der Waals surface area contributed by atoms with Crippen LogP contribution >= 0.6 is 11.8 Å². The average molecular weight is 358 g/mol. The smallest absolute Gasteiger partial charge is 0.253 e. The maximum absolute atomic E-state index is 12.5. The summed E-state index contributed by atoms with van der Waals surface area (Å²) in [5.41, 5.74) is 2.43. The number of aliphatic hydroxyl groups excluding tert-OH is 1. The first-order chi connectivity index (χ1) is 12.0. The van der Waals surface area contributed by atoms with Gasteiger partial charge in [-0.1, -0.05) is 18.2 Å². The number of aromatic nitrogens is 1. The van der Waals surface area contributed by atoms with Gasteiger partial charge < -0.3 is 15.1 Å². The summed E-state index contributed by atoms with van der Waals surface area (Å²) in [5, 5.41) is 19.3. The highest BCUT2D eigenvalue weighted by molar-refractivity contribution is 7.97. The first-order valence-electron chi connectivity index (χ1n) is 8.21. The number of hydrogen-bond acceptors (Lipinski definition) is 5. The maximum Gasteiger partial charge on any atom is 0.253 e. The van der Waals surface area contributed by atoms with Gasteiger partial charge in [-0.3, -0.25) is 9.78 Å². The Labute approximate surface area is 151 Å². The lowest BCUT2D eigenvalue weighted by atomic mass is 10.1. The van der Waals surface area contributed by atoms with Gasteiger partial charge in [-0.05, 0) is 36.4 Å². The summed E-state index contributed by atoms with van der Waals surface area (Å²) in [4.78, 5) is 18.6. The number of amides is 1. The molecule has 132 valence electrons. The Balaban J connectivity index is 1.71. The summed E-state index contributed by atoms with van der Waals surface area (Å²) >= 11 is 1.76. The Kier molecular flexibility index (Phi) is 5.42. The van der Waals surface area contributed by atoms with E-state index < -0.39 is 5.60 Å². The van der Waals surface area contributed by atoms with Crippen molar-refractivity contribution >= 4 is 17.7 Å². The minimum absolute atomic E-state index is 0.126. The number of β-amino-alcohol motifs (C(OH)–C–C–N with tert-alkyl or cyclic N) is 1. The Hall–Kier alpha value is -1.89. The second-order valence-corrected chi connectivity index (χ2v) is 7.29. The Morgan fingerprint density at radius 2 is 2.04 bits per heavy atom. The van der Waals surface area contributed by atoms with Crippen LogP contribution < -0.4 is 0 Å². The van der Waals surface area contributed by atoms with Crippen molar-refractivity contribution in [3.05, 3.63) is 53.7 Å². The zero-order valence-electron chi connectivity index (χ0n) is 14.2. The van der Waals surface area contributed by atoms with Gasteiger partial charge in [0.15, 0.2) is 0 Å². The van der Waals surface area contributed by atoms with Crippen LogP contribution in [0.1, 0.15) is 22.3 Å². The van der Waals surface area contributed by atoms with Gasteiger partial charge in [0.25, 0.3) is 5.91 Å². The zero-order valence-corrected chi connectivity index (χ0v) is 15.0. The summed E-state index contributed by atoms with van der Waals surface area (Å²) in [6, 6.07) is 11.4. The average Bonchev–Trinajstić information content (AvgIpc) is 3.05. The molecule has 1 saturated heterocycles. The van der Waals surface area contributed by atoms with Crippen LogP contribution in [0.4, 0.5) is 0 Å². The van der Waals surface area contributed by atoms with E-state index in [1.807, 2.05) is 24.4 Å². The van der Waals surface area contributed by atoms with Crippen LogP contribution in [-0.4, -0.2) is 57.6 Å². The lowest BCUT2D eigenvalue weighted by Gasteiger charge is -2.21. The van der Waals surface area contributed by atoms with E-state index in [0.29, 0.717) is 18.5 Å². The summed E-state index contributed by atoms with van der Waals surface area (Å²) < 4.78 is 0. The second-order valence-electron chi connectivity index (χ2n) is 6.42. The minimum atomic E-state index is -1.17. The molecular weight excluding hydrogens is 336 g/mol. The molecule has 1 aliphatic heterocycles. The number of hydrogen-bond donors (Lipinski definition) is 2. The number of benzene rings is 1. The summed E-state index contributed by atoms with van der Waals surface area (Å²) in [7, 11) is 0. The van der Waals surface area contributed by atoms with E-state index in [9.17, 15) is 15.0 Å². The van der Waals surface area contributed by atoms with Crippen molar-refractivity contribution in [3.63, 3.8) is 0 Å². The first-order valence-corrected chi connectivity index (χ1v) is 9.61.